The van der Waals surface area contributed by atoms with Gasteiger partial charge >= 0.3 is 0 Å². The monoisotopic (exact) mass is 437 g/mol. The molecule has 0 bridgehead atoms. The molecule has 0 aromatic heterocycles. The fourth-order valence-electron chi connectivity index (χ4n) is 3.67. The van der Waals surface area contributed by atoms with Crippen molar-refractivity contribution in [3.8, 4) is 5.75 Å². The van der Waals surface area contributed by atoms with Crippen LogP contribution in [0.2, 0.25) is 0 Å². The summed E-state index contributed by atoms with van der Waals surface area (Å²) in [6, 6.07) is 16.1. The van der Waals surface area contributed by atoms with Crippen molar-refractivity contribution in [3.05, 3.63) is 59.7 Å². The summed E-state index contributed by atoms with van der Waals surface area (Å²) < 4.78 is 5.79. The minimum Gasteiger partial charge on any atom is -0.492 e. The van der Waals surface area contributed by atoms with Gasteiger partial charge in [0, 0.05) is 31.8 Å². The highest BCUT2D eigenvalue weighted by molar-refractivity contribution is 5.88. The molecule has 2 aromatic rings. The lowest BCUT2D eigenvalue weighted by molar-refractivity contribution is -0.114. The maximum absolute atomic E-state index is 11.2. The molecule has 3 N–H and O–H groups in total. The number of carbonyl (C=O) groups is 1. The summed E-state index contributed by atoms with van der Waals surface area (Å²) in [4.78, 5) is 18.4. The summed E-state index contributed by atoms with van der Waals surface area (Å²) in [5, 5.41) is 9.33. The molecule has 172 valence electrons. The molecule has 0 aliphatic carbocycles. The van der Waals surface area contributed by atoms with Crippen LogP contribution in [0.1, 0.15) is 37.8 Å². The van der Waals surface area contributed by atoms with E-state index in [1.165, 1.54) is 44.0 Å². The van der Waals surface area contributed by atoms with E-state index in [0.717, 1.165) is 24.7 Å². The van der Waals surface area contributed by atoms with Crippen LogP contribution >= 0.6 is 0 Å². The molecule has 0 unspecified atom stereocenters. The highest BCUT2D eigenvalue weighted by atomic mass is 16.5. The standard InChI is InChI=1S/C25H35N5O2/c1-3-26-25(27-13-16-32-24-8-6-7-23(17-24)29-20(2)31)28-18-21-9-11-22(12-10-21)19-30-14-4-5-15-30/h6-12,17H,3-5,13-16,18-19H2,1-2H3,(H,29,31)(H2,26,27,28). The van der Waals surface area contributed by atoms with E-state index < -0.39 is 0 Å². The van der Waals surface area contributed by atoms with Crippen LogP contribution in [0.3, 0.4) is 0 Å². The van der Waals surface area contributed by atoms with E-state index in [4.69, 9.17) is 4.74 Å². The molecular weight excluding hydrogens is 402 g/mol. The molecule has 1 aliphatic heterocycles. The van der Waals surface area contributed by atoms with Gasteiger partial charge in [-0.05, 0) is 56.1 Å². The molecule has 0 saturated carbocycles. The van der Waals surface area contributed by atoms with Gasteiger partial charge in [-0.25, -0.2) is 4.99 Å². The molecule has 0 spiro atoms. The van der Waals surface area contributed by atoms with Crippen LogP contribution < -0.4 is 20.7 Å². The second kappa shape index (κ2) is 12.7. The van der Waals surface area contributed by atoms with Gasteiger partial charge in [-0.2, -0.15) is 0 Å². The molecule has 0 radical (unpaired) electrons. The number of rotatable bonds is 10. The SMILES string of the molecule is CCNC(=NCc1ccc(CN2CCCC2)cc1)NCCOc1cccc(NC(C)=O)c1. The van der Waals surface area contributed by atoms with Gasteiger partial charge in [-0.1, -0.05) is 30.3 Å². The minimum atomic E-state index is -0.100. The number of guanidine groups is 1. The van der Waals surface area contributed by atoms with Crippen LogP contribution in [-0.2, 0) is 17.9 Å². The maximum Gasteiger partial charge on any atom is 0.221 e. The van der Waals surface area contributed by atoms with Crippen molar-refractivity contribution in [2.45, 2.75) is 39.8 Å². The number of benzene rings is 2. The van der Waals surface area contributed by atoms with E-state index in [1.807, 2.05) is 31.2 Å². The zero-order chi connectivity index (χ0) is 22.6. The third-order valence-corrected chi connectivity index (χ3v) is 5.21. The first kappa shape index (κ1) is 23.6. The molecule has 7 heteroatoms. The van der Waals surface area contributed by atoms with Crippen LogP contribution in [0, 0.1) is 0 Å². The number of aliphatic imine (C=N–C) groups is 1. The zero-order valence-electron chi connectivity index (χ0n) is 19.2. The summed E-state index contributed by atoms with van der Waals surface area (Å²) in [5.74, 6) is 1.38. The molecule has 0 atom stereocenters. The van der Waals surface area contributed by atoms with E-state index in [9.17, 15) is 4.79 Å². The fraction of sp³-hybridized carbons (Fsp3) is 0.440. The summed E-state index contributed by atoms with van der Waals surface area (Å²) in [6.45, 7) is 9.53. The largest absolute Gasteiger partial charge is 0.492 e. The van der Waals surface area contributed by atoms with Gasteiger partial charge in [0.1, 0.15) is 12.4 Å². The zero-order valence-corrected chi connectivity index (χ0v) is 19.2. The lowest BCUT2D eigenvalue weighted by atomic mass is 10.1. The molecule has 1 amide bonds. The Balaban J connectivity index is 1.43. The summed E-state index contributed by atoms with van der Waals surface area (Å²) in [6.07, 6.45) is 2.64. The second-order valence-corrected chi connectivity index (χ2v) is 7.98. The molecule has 1 heterocycles. The van der Waals surface area contributed by atoms with Gasteiger partial charge in [0.2, 0.25) is 5.91 Å². The lowest BCUT2D eigenvalue weighted by Crippen LogP contribution is -2.39. The van der Waals surface area contributed by atoms with E-state index in [0.29, 0.717) is 25.4 Å². The molecule has 1 saturated heterocycles. The van der Waals surface area contributed by atoms with Crippen molar-refractivity contribution in [1.29, 1.82) is 0 Å². The number of ether oxygens (including phenoxy) is 1. The van der Waals surface area contributed by atoms with Crippen molar-refractivity contribution in [3.63, 3.8) is 0 Å². The molecule has 32 heavy (non-hydrogen) atoms. The average Bonchev–Trinajstić information content (AvgIpc) is 3.29. The molecule has 2 aromatic carbocycles. The first-order chi connectivity index (χ1) is 15.6. The van der Waals surface area contributed by atoms with Gasteiger partial charge in [-0.3, -0.25) is 9.69 Å². The van der Waals surface area contributed by atoms with Gasteiger partial charge in [0.15, 0.2) is 5.96 Å². The Morgan fingerprint density at radius 3 is 2.53 bits per heavy atom. The molecule has 1 fully saturated rings. The number of amides is 1. The molecule has 3 rings (SSSR count). The molecule has 1 aliphatic rings. The van der Waals surface area contributed by atoms with Crippen molar-refractivity contribution < 1.29 is 9.53 Å². The fourth-order valence-corrected chi connectivity index (χ4v) is 3.67. The summed E-state index contributed by atoms with van der Waals surface area (Å²) in [5.41, 5.74) is 3.28. The Bertz CT molecular complexity index is 876. The van der Waals surface area contributed by atoms with Gasteiger partial charge in [0.25, 0.3) is 0 Å². The lowest BCUT2D eigenvalue weighted by Gasteiger charge is -2.15. The number of anilines is 1. The Kier molecular flexibility index (Phi) is 9.37. The van der Waals surface area contributed by atoms with E-state index in [-0.39, 0.29) is 5.91 Å². The highest BCUT2D eigenvalue weighted by Gasteiger charge is 2.11. The van der Waals surface area contributed by atoms with Crippen molar-refractivity contribution in [2.24, 2.45) is 4.99 Å². The minimum absolute atomic E-state index is 0.100. The number of nitrogens with zero attached hydrogens (tertiary/aromatic N) is 2. The predicted molar refractivity (Wildman–Crippen MR) is 130 cm³/mol. The van der Waals surface area contributed by atoms with E-state index in [1.54, 1.807) is 0 Å². The van der Waals surface area contributed by atoms with Crippen LogP contribution in [0.15, 0.2) is 53.5 Å². The molecular formula is C25H35N5O2. The Morgan fingerprint density at radius 2 is 1.81 bits per heavy atom. The number of hydrogen-bond donors (Lipinski definition) is 3. The smallest absolute Gasteiger partial charge is 0.221 e. The normalized spacial score (nSPS) is 14.2. The second-order valence-electron chi connectivity index (χ2n) is 7.98. The van der Waals surface area contributed by atoms with Crippen molar-refractivity contribution in [2.75, 3.05) is 38.1 Å². The summed E-state index contributed by atoms with van der Waals surface area (Å²) >= 11 is 0. The number of nitrogens with one attached hydrogen (secondary N) is 3. The Hall–Kier alpha value is -3.06. The number of hydrogen-bond acceptors (Lipinski definition) is 4. The van der Waals surface area contributed by atoms with E-state index in [2.05, 4.69) is 50.1 Å². The first-order valence-corrected chi connectivity index (χ1v) is 11.4. The third-order valence-electron chi connectivity index (χ3n) is 5.21. The number of likely N-dealkylation sites (tertiary alicyclic amines) is 1. The summed E-state index contributed by atoms with van der Waals surface area (Å²) in [7, 11) is 0. The van der Waals surface area contributed by atoms with Gasteiger partial charge in [0.05, 0.1) is 13.1 Å². The first-order valence-electron chi connectivity index (χ1n) is 11.4. The van der Waals surface area contributed by atoms with Crippen molar-refractivity contribution in [1.82, 2.24) is 15.5 Å². The van der Waals surface area contributed by atoms with Crippen LogP contribution in [0.5, 0.6) is 5.75 Å². The average molecular weight is 438 g/mol. The quantitative estimate of drug-likeness (QED) is 0.302. The Morgan fingerprint density at radius 1 is 1.06 bits per heavy atom. The van der Waals surface area contributed by atoms with E-state index >= 15 is 0 Å². The van der Waals surface area contributed by atoms with Crippen molar-refractivity contribution >= 4 is 17.6 Å². The van der Waals surface area contributed by atoms with Crippen LogP contribution in [-0.4, -0.2) is 49.6 Å². The topological polar surface area (TPSA) is 78.0 Å². The molecule has 7 nitrogen and oxygen atoms in total. The van der Waals surface area contributed by atoms with Crippen LogP contribution in [0.25, 0.3) is 0 Å². The highest BCUT2D eigenvalue weighted by Crippen LogP contribution is 2.17. The van der Waals surface area contributed by atoms with Gasteiger partial charge in [-0.15, -0.1) is 0 Å². The predicted octanol–water partition coefficient (Wildman–Crippen LogP) is 3.37. The number of carbonyl (C=O) groups excluding carboxylic acids is 1. The van der Waals surface area contributed by atoms with Gasteiger partial charge < -0.3 is 20.7 Å². The maximum atomic E-state index is 11.2. The third kappa shape index (κ3) is 8.23. The van der Waals surface area contributed by atoms with Crippen LogP contribution in [0.4, 0.5) is 5.69 Å². The Labute approximate surface area is 191 Å².